The fourth-order valence-corrected chi connectivity index (χ4v) is 3.18. The molecule has 2 aromatic rings. The molecular formula is C22H23FN4O. The van der Waals surface area contributed by atoms with Crippen LogP contribution in [0.25, 0.3) is 0 Å². The molecule has 144 valence electrons. The Morgan fingerprint density at radius 2 is 1.82 bits per heavy atom. The van der Waals surface area contributed by atoms with Crippen molar-refractivity contribution in [2.45, 2.75) is 25.4 Å². The molecule has 6 heteroatoms. The van der Waals surface area contributed by atoms with Crippen molar-refractivity contribution in [1.29, 1.82) is 5.26 Å². The number of carbonyl (C=O) groups excluding carboxylic acids is 1. The van der Waals surface area contributed by atoms with Crippen molar-refractivity contribution in [3.8, 4) is 6.07 Å². The van der Waals surface area contributed by atoms with E-state index in [0.717, 1.165) is 32.5 Å². The van der Waals surface area contributed by atoms with Crippen LogP contribution >= 0.6 is 0 Å². The summed E-state index contributed by atoms with van der Waals surface area (Å²) >= 11 is 0. The summed E-state index contributed by atoms with van der Waals surface area (Å²) in [7, 11) is 0. The minimum absolute atomic E-state index is 0.00367. The third kappa shape index (κ3) is 5.66. The first-order valence-electron chi connectivity index (χ1n) is 9.33. The highest BCUT2D eigenvalue weighted by atomic mass is 19.1. The Hall–Kier alpha value is -3.17. The van der Waals surface area contributed by atoms with E-state index in [1.165, 1.54) is 36.0 Å². The first-order valence-corrected chi connectivity index (χ1v) is 9.33. The van der Waals surface area contributed by atoms with Crippen molar-refractivity contribution in [3.63, 3.8) is 0 Å². The molecule has 0 bridgehead atoms. The normalized spacial score (nSPS) is 15.6. The molecule has 1 aliphatic rings. The highest BCUT2D eigenvalue weighted by molar-refractivity contribution is 6.06. The Labute approximate surface area is 164 Å². The number of hydrogen-bond donors (Lipinski definition) is 2. The van der Waals surface area contributed by atoms with Gasteiger partial charge in [-0.2, -0.15) is 5.26 Å². The lowest BCUT2D eigenvalue weighted by Gasteiger charge is -2.32. The number of hydrogen-bond acceptors (Lipinski definition) is 4. The molecule has 0 aromatic heterocycles. The zero-order valence-corrected chi connectivity index (χ0v) is 15.6. The Morgan fingerprint density at radius 3 is 2.46 bits per heavy atom. The van der Waals surface area contributed by atoms with Crippen LogP contribution < -0.4 is 10.6 Å². The number of anilines is 1. The van der Waals surface area contributed by atoms with Crippen molar-refractivity contribution in [3.05, 3.63) is 77.8 Å². The van der Waals surface area contributed by atoms with Gasteiger partial charge in [0.1, 0.15) is 17.5 Å². The van der Waals surface area contributed by atoms with E-state index in [1.807, 2.05) is 12.1 Å². The van der Waals surface area contributed by atoms with Crippen LogP contribution in [-0.4, -0.2) is 29.9 Å². The number of piperidine rings is 1. The largest absolute Gasteiger partial charge is 0.387 e. The van der Waals surface area contributed by atoms with Gasteiger partial charge in [0.05, 0.1) is 0 Å². The first-order chi connectivity index (χ1) is 13.6. The average molecular weight is 378 g/mol. The zero-order valence-electron chi connectivity index (χ0n) is 15.6. The minimum Gasteiger partial charge on any atom is -0.387 e. The molecule has 1 amide bonds. The number of nitriles is 1. The van der Waals surface area contributed by atoms with Gasteiger partial charge in [-0.15, -0.1) is 0 Å². The molecule has 0 saturated carbocycles. The number of likely N-dealkylation sites (tertiary alicyclic amines) is 1. The van der Waals surface area contributed by atoms with Gasteiger partial charge in [-0.05, 0) is 42.7 Å². The van der Waals surface area contributed by atoms with Crippen LogP contribution in [0.2, 0.25) is 0 Å². The molecule has 5 nitrogen and oxygen atoms in total. The van der Waals surface area contributed by atoms with E-state index in [2.05, 4.69) is 39.8 Å². The fourth-order valence-electron chi connectivity index (χ4n) is 3.18. The van der Waals surface area contributed by atoms with Gasteiger partial charge in [0.25, 0.3) is 5.91 Å². The lowest BCUT2D eigenvalue weighted by atomic mass is 10.0. The van der Waals surface area contributed by atoms with Gasteiger partial charge < -0.3 is 10.6 Å². The summed E-state index contributed by atoms with van der Waals surface area (Å²) in [5.74, 6) is -0.891. The molecular weight excluding hydrogens is 355 g/mol. The maximum atomic E-state index is 12.9. The summed E-state index contributed by atoms with van der Waals surface area (Å²) in [5.41, 5.74) is 1.75. The Morgan fingerprint density at radius 1 is 1.14 bits per heavy atom. The molecule has 28 heavy (non-hydrogen) atoms. The van der Waals surface area contributed by atoms with Crippen molar-refractivity contribution in [2.75, 3.05) is 18.4 Å². The summed E-state index contributed by atoms with van der Waals surface area (Å²) in [6.07, 6.45) is 3.37. The van der Waals surface area contributed by atoms with Crippen LogP contribution in [0.5, 0.6) is 0 Å². The second kappa shape index (κ2) is 9.67. The van der Waals surface area contributed by atoms with Gasteiger partial charge in [-0.3, -0.25) is 9.69 Å². The van der Waals surface area contributed by atoms with E-state index < -0.39 is 5.91 Å². The third-order valence-corrected chi connectivity index (χ3v) is 4.77. The van der Waals surface area contributed by atoms with Crippen LogP contribution in [0.4, 0.5) is 10.1 Å². The molecule has 1 fully saturated rings. The Kier molecular flexibility index (Phi) is 6.77. The Balaban J connectivity index is 1.48. The van der Waals surface area contributed by atoms with E-state index >= 15 is 0 Å². The summed E-state index contributed by atoms with van der Waals surface area (Å²) < 4.78 is 12.9. The topological polar surface area (TPSA) is 68.2 Å². The number of amides is 1. The number of nitrogens with zero attached hydrogens (tertiary/aromatic N) is 2. The van der Waals surface area contributed by atoms with E-state index in [0.29, 0.717) is 5.69 Å². The van der Waals surface area contributed by atoms with Crippen molar-refractivity contribution < 1.29 is 9.18 Å². The van der Waals surface area contributed by atoms with E-state index in [1.54, 1.807) is 0 Å². The SMILES string of the molecule is N#C/C(=C/NC1CCN(Cc2ccccc2)CC1)C(=O)Nc1ccc(F)cc1. The maximum Gasteiger partial charge on any atom is 0.267 e. The van der Waals surface area contributed by atoms with Gasteiger partial charge in [-0.25, -0.2) is 4.39 Å². The molecule has 1 heterocycles. The number of nitrogens with one attached hydrogen (secondary N) is 2. The third-order valence-electron chi connectivity index (χ3n) is 4.77. The second-order valence-corrected chi connectivity index (χ2v) is 6.83. The quantitative estimate of drug-likeness (QED) is 0.597. The van der Waals surface area contributed by atoms with Crippen LogP contribution in [0.1, 0.15) is 18.4 Å². The molecule has 0 radical (unpaired) electrons. The smallest absolute Gasteiger partial charge is 0.267 e. The second-order valence-electron chi connectivity index (χ2n) is 6.83. The molecule has 2 N–H and O–H groups in total. The van der Waals surface area contributed by atoms with E-state index in [9.17, 15) is 14.4 Å². The van der Waals surface area contributed by atoms with Gasteiger partial charge in [0.15, 0.2) is 0 Å². The molecule has 0 unspecified atom stereocenters. The van der Waals surface area contributed by atoms with E-state index in [4.69, 9.17) is 0 Å². The standard InChI is InChI=1S/C22H23FN4O/c23-19-6-8-21(9-7-19)26-22(28)18(14-24)15-25-20-10-12-27(13-11-20)16-17-4-2-1-3-5-17/h1-9,15,20,25H,10-13,16H2,(H,26,28)/b18-15-. The minimum atomic E-state index is -0.511. The number of halogens is 1. The van der Waals surface area contributed by atoms with Gasteiger partial charge in [0.2, 0.25) is 0 Å². The van der Waals surface area contributed by atoms with Crippen LogP contribution in [0, 0.1) is 17.1 Å². The van der Waals surface area contributed by atoms with Gasteiger partial charge in [0, 0.05) is 37.6 Å². The lowest BCUT2D eigenvalue weighted by Crippen LogP contribution is -2.40. The summed E-state index contributed by atoms with van der Waals surface area (Å²) in [5, 5.41) is 15.1. The van der Waals surface area contributed by atoms with E-state index in [-0.39, 0.29) is 17.4 Å². The van der Waals surface area contributed by atoms with Crippen molar-refractivity contribution >= 4 is 11.6 Å². The number of benzene rings is 2. The molecule has 3 rings (SSSR count). The summed E-state index contributed by atoms with van der Waals surface area (Å²) in [4.78, 5) is 14.6. The summed E-state index contributed by atoms with van der Waals surface area (Å²) in [6.45, 7) is 2.86. The lowest BCUT2D eigenvalue weighted by molar-refractivity contribution is -0.112. The predicted molar refractivity (Wildman–Crippen MR) is 107 cm³/mol. The van der Waals surface area contributed by atoms with Crippen LogP contribution in [0.3, 0.4) is 0 Å². The highest BCUT2D eigenvalue weighted by Crippen LogP contribution is 2.14. The summed E-state index contributed by atoms with van der Waals surface area (Å²) in [6, 6.07) is 18.0. The van der Waals surface area contributed by atoms with Crippen LogP contribution in [0.15, 0.2) is 66.4 Å². The average Bonchev–Trinajstić information content (AvgIpc) is 2.72. The predicted octanol–water partition coefficient (Wildman–Crippen LogP) is 3.43. The maximum absolute atomic E-state index is 12.9. The molecule has 0 spiro atoms. The molecule has 1 saturated heterocycles. The monoisotopic (exact) mass is 378 g/mol. The van der Waals surface area contributed by atoms with Gasteiger partial charge in [-0.1, -0.05) is 30.3 Å². The van der Waals surface area contributed by atoms with Crippen molar-refractivity contribution in [1.82, 2.24) is 10.2 Å². The molecule has 0 aliphatic carbocycles. The Bertz CT molecular complexity index is 850. The highest BCUT2D eigenvalue weighted by Gasteiger charge is 2.19. The van der Waals surface area contributed by atoms with Crippen molar-refractivity contribution in [2.24, 2.45) is 0 Å². The fraction of sp³-hybridized carbons (Fsp3) is 0.273. The van der Waals surface area contributed by atoms with Crippen LogP contribution in [-0.2, 0) is 11.3 Å². The zero-order chi connectivity index (χ0) is 19.8. The molecule has 1 aliphatic heterocycles. The number of rotatable bonds is 6. The first kappa shape index (κ1) is 19.6. The number of carbonyl (C=O) groups is 1. The molecule has 2 aromatic carbocycles. The molecule has 0 atom stereocenters. The van der Waals surface area contributed by atoms with Gasteiger partial charge >= 0.3 is 0 Å².